The number of aromatic amines is 1. The van der Waals surface area contributed by atoms with E-state index in [1.165, 1.54) is 31.5 Å². The van der Waals surface area contributed by atoms with E-state index in [2.05, 4.69) is 9.88 Å². The van der Waals surface area contributed by atoms with Crippen LogP contribution >= 0.6 is 0 Å². The molecule has 82 valence electrons. The Kier molecular flexibility index (Phi) is 3.06. The topological polar surface area (TPSA) is 56.3 Å². The normalized spacial score (nSPS) is 17.9. The van der Waals surface area contributed by atoms with Crippen LogP contribution < -0.4 is 5.43 Å². The summed E-state index contributed by atoms with van der Waals surface area (Å²) in [6.07, 6.45) is 5.15. The van der Waals surface area contributed by atoms with Crippen molar-refractivity contribution in [2.45, 2.75) is 25.8 Å². The summed E-state index contributed by atoms with van der Waals surface area (Å²) in [4.78, 5) is 16.5. The molecule has 0 radical (unpaired) electrons. The number of rotatable bonds is 2. The van der Waals surface area contributed by atoms with E-state index < -0.39 is 0 Å². The molecule has 1 saturated heterocycles. The molecule has 1 fully saturated rings. The van der Waals surface area contributed by atoms with E-state index in [9.17, 15) is 4.79 Å². The monoisotopic (exact) mass is 208 g/mol. The molecule has 0 amide bonds. The molecule has 0 bridgehead atoms. The Morgan fingerprint density at radius 2 is 2.07 bits per heavy atom. The molecular weight excluding hydrogens is 192 g/mol. The van der Waals surface area contributed by atoms with Gasteiger partial charge in [-0.1, -0.05) is 6.42 Å². The second-order valence-electron chi connectivity index (χ2n) is 4.04. The lowest BCUT2D eigenvalue weighted by Gasteiger charge is -2.26. The minimum Gasteiger partial charge on any atom is -0.503 e. The van der Waals surface area contributed by atoms with Gasteiger partial charge in [0, 0.05) is 24.5 Å². The molecule has 0 atom stereocenters. The third-order valence-corrected chi connectivity index (χ3v) is 2.79. The molecule has 0 aliphatic carbocycles. The number of hydrogen-bond donors (Lipinski definition) is 2. The molecule has 4 heteroatoms. The Bertz CT molecular complexity index is 380. The highest BCUT2D eigenvalue weighted by atomic mass is 16.3. The molecule has 4 nitrogen and oxygen atoms in total. The summed E-state index contributed by atoms with van der Waals surface area (Å²) in [5, 5.41) is 9.09. The molecule has 2 N–H and O–H groups in total. The van der Waals surface area contributed by atoms with Crippen molar-refractivity contribution in [2.75, 3.05) is 13.1 Å². The van der Waals surface area contributed by atoms with Crippen LogP contribution in [0.4, 0.5) is 0 Å². The van der Waals surface area contributed by atoms with Gasteiger partial charge in [-0.25, -0.2) is 0 Å². The Labute approximate surface area is 88.6 Å². The van der Waals surface area contributed by atoms with E-state index in [-0.39, 0.29) is 11.2 Å². The van der Waals surface area contributed by atoms with Gasteiger partial charge in [0.1, 0.15) is 0 Å². The number of nitrogens with zero attached hydrogens (tertiary/aromatic N) is 1. The minimum absolute atomic E-state index is 0.211. The van der Waals surface area contributed by atoms with E-state index in [1.807, 2.05) is 0 Å². The van der Waals surface area contributed by atoms with Gasteiger partial charge in [0.2, 0.25) is 5.43 Å². The van der Waals surface area contributed by atoms with Gasteiger partial charge < -0.3 is 10.1 Å². The van der Waals surface area contributed by atoms with Crippen LogP contribution in [0.1, 0.15) is 25.0 Å². The zero-order chi connectivity index (χ0) is 10.7. The fourth-order valence-electron chi connectivity index (χ4n) is 1.96. The highest BCUT2D eigenvalue weighted by molar-refractivity contribution is 5.18. The maximum Gasteiger partial charge on any atom is 0.223 e. The summed E-state index contributed by atoms with van der Waals surface area (Å²) in [6, 6.07) is 1.48. The van der Waals surface area contributed by atoms with Crippen LogP contribution in [0.15, 0.2) is 17.1 Å². The molecule has 0 spiro atoms. The molecule has 0 aromatic carbocycles. The highest BCUT2D eigenvalue weighted by Gasteiger charge is 2.11. The summed E-state index contributed by atoms with van der Waals surface area (Å²) in [5.41, 5.74) is 0.570. The maximum absolute atomic E-state index is 11.2. The van der Waals surface area contributed by atoms with Crippen LogP contribution in [0, 0.1) is 0 Å². The molecule has 1 aromatic rings. The second kappa shape index (κ2) is 4.49. The summed E-state index contributed by atoms with van der Waals surface area (Å²) in [7, 11) is 0. The Morgan fingerprint density at radius 3 is 2.73 bits per heavy atom. The molecule has 0 saturated carbocycles. The van der Waals surface area contributed by atoms with Crippen LogP contribution in [0.5, 0.6) is 5.75 Å². The van der Waals surface area contributed by atoms with Crippen molar-refractivity contribution in [2.24, 2.45) is 0 Å². The van der Waals surface area contributed by atoms with Crippen LogP contribution in [-0.2, 0) is 6.54 Å². The number of nitrogens with one attached hydrogen (secondary N) is 1. The van der Waals surface area contributed by atoms with E-state index in [4.69, 9.17) is 5.11 Å². The van der Waals surface area contributed by atoms with Gasteiger partial charge in [-0.2, -0.15) is 0 Å². The smallest absolute Gasteiger partial charge is 0.223 e. The van der Waals surface area contributed by atoms with Crippen molar-refractivity contribution in [1.82, 2.24) is 9.88 Å². The fraction of sp³-hybridized carbons (Fsp3) is 0.545. The Balaban J connectivity index is 2.03. The summed E-state index contributed by atoms with van der Waals surface area (Å²) in [5.74, 6) is -0.211. The van der Waals surface area contributed by atoms with Crippen LogP contribution in [-0.4, -0.2) is 28.1 Å². The average molecular weight is 208 g/mol. The molecule has 15 heavy (non-hydrogen) atoms. The van der Waals surface area contributed by atoms with Crippen LogP contribution in [0.2, 0.25) is 0 Å². The van der Waals surface area contributed by atoms with Crippen LogP contribution in [0.3, 0.4) is 0 Å². The van der Waals surface area contributed by atoms with E-state index in [0.717, 1.165) is 25.3 Å². The summed E-state index contributed by atoms with van der Waals surface area (Å²) >= 11 is 0. The zero-order valence-corrected chi connectivity index (χ0v) is 8.70. The van der Waals surface area contributed by atoms with Gasteiger partial charge in [0.05, 0.1) is 0 Å². The quantitative estimate of drug-likeness (QED) is 0.764. The first-order chi connectivity index (χ1) is 7.25. The van der Waals surface area contributed by atoms with Crippen molar-refractivity contribution in [3.05, 3.63) is 28.2 Å². The highest BCUT2D eigenvalue weighted by Crippen LogP contribution is 2.11. The van der Waals surface area contributed by atoms with Gasteiger partial charge in [-0.05, 0) is 25.9 Å². The first kappa shape index (κ1) is 10.2. The van der Waals surface area contributed by atoms with Crippen molar-refractivity contribution < 1.29 is 5.11 Å². The maximum atomic E-state index is 11.2. The second-order valence-corrected chi connectivity index (χ2v) is 4.04. The number of H-pyrrole nitrogens is 1. The molecule has 2 heterocycles. The predicted molar refractivity (Wildman–Crippen MR) is 57.9 cm³/mol. The SMILES string of the molecule is O=c1cc(CN2CCCCC2)[nH]cc1O. The van der Waals surface area contributed by atoms with Crippen molar-refractivity contribution in [3.8, 4) is 5.75 Å². The molecule has 1 aromatic heterocycles. The third kappa shape index (κ3) is 2.59. The minimum atomic E-state index is -0.305. The standard InChI is InChI=1S/C11H16N2O2/c14-10-6-9(12-7-11(10)15)8-13-4-2-1-3-5-13/h6-7,15H,1-5,8H2,(H,12,14). The fourth-order valence-corrected chi connectivity index (χ4v) is 1.96. The predicted octanol–water partition coefficient (Wildman–Crippen LogP) is 1.07. The Morgan fingerprint density at radius 1 is 1.33 bits per heavy atom. The number of aromatic nitrogens is 1. The molecule has 0 unspecified atom stereocenters. The van der Waals surface area contributed by atoms with Crippen molar-refractivity contribution in [3.63, 3.8) is 0 Å². The summed E-state index contributed by atoms with van der Waals surface area (Å²) < 4.78 is 0. The Hall–Kier alpha value is -1.29. The molecular formula is C11H16N2O2. The van der Waals surface area contributed by atoms with Gasteiger partial charge in [0.25, 0.3) is 0 Å². The number of hydrogen-bond acceptors (Lipinski definition) is 3. The van der Waals surface area contributed by atoms with Crippen LogP contribution in [0.25, 0.3) is 0 Å². The lowest BCUT2D eigenvalue weighted by molar-refractivity contribution is 0.218. The third-order valence-electron chi connectivity index (χ3n) is 2.79. The first-order valence-electron chi connectivity index (χ1n) is 5.38. The number of piperidine rings is 1. The number of pyridine rings is 1. The van der Waals surface area contributed by atoms with Crippen molar-refractivity contribution >= 4 is 0 Å². The van der Waals surface area contributed by atoms with E-state index >= 15 is 0 Å². The number of aromatic hydroxyl groups is 1. The lowest BCUT2D eigenvalue weighted by Crippen LogP contribution is -2.29. The molecule has 1 aliphatic heterocycles. The van der Waals surface area contributed by atoms with E-state index in [1.54, 1.807) is 0 Å². The first-order valence-corrected chi connectivity index (χ1v) is 5.38. The largest absolute Gasteiger partial charge is 0.503 e. The van der Waals surface area contributed by atoms with Crippen molar-refractivity contribution in [1.29, 1.82) is 0 Å². The zero-order valence-electron chi connectivity index (χ0n) is 8.70. The van der Waals surface area contributed by atoms with Gasteiger partial charge in [0.15, 0.2) is 5.75 Å². The van der Waals surface area contributed by atoms with E-state index in [0.29, 0.717) is 0 Å². The van der Waals surface area contributed by atoms with Gasteiger partial charge in [-0.3, -0.25) is 9.69 Å². The number of likely N-dealkylation sites (tertiary alicyclic amines) is 1. The average Bonchev–Trinajstić information content (AvgIpc) is 2.25. The van der Waals surface area contributed by atoms with Gasteiger partial charge >= 0.3 is 0 Å². The molecule has 2 rings (SSSR count). The van der Waals surface area contributed by atoms with Gasteiger partial charge in [-0.15, -0.1) is 0 Å². The summed E-state index contributed by atoms with van der Waals surface area (Å²) in [6.45, 7) is 2.97. The molecule has 1 aliphatic rings. The lowest BCUT2D eigenvalue weighted by atomic mass is 10.1.